The molecule has 0 bridgehead atoms. The Morgan fingerprint density at radius 1 is 1.24 bits per heavy atom. The number of hydrogen-bond donors (Lipinski definition) is 1. The van der Waals surface area contributed by atoms with Gasteiger partial charge in [-0.15, -0.1) is 0 Å². The molecule has 1 atom stereocenters. The second-order valence-electron chi connectivity index (χ2n) is 9.39. The molecule has 2 saturated heterocycles. The van der Waals surface area contributed by atoms with Crippen molar-refractivity contribution in [3.05, 3.63) is 59.2 Å². The number of rotatable bonds is 8. The van der Waals surface area contributed by atoms with Crippen molar-refractivity contribution in [2.45, 2.75) is 51.1 Å². The van der Waals surface area contributed by atoms with Crippen LogP contribution in [0.1, 0.15) is 42.5 Å². The zero-order valence-corrected chi connectivity index (χ0v) is 20.0. The predicted molar refractivity (Wildman–Crippen MR) is 127 cm³/mol. The Bertz CT molecular complexity index is 1040. The van der Waals surface area contributed by atoms with Crippen molar-refractivity contribution in [3.8, 4) is 5.75 Å². The van der Waals surface area contributed by atoms with Crippen LogP contribution < -0.4 is 10.1 Å². The number of nitrogens with zero attached hydrogens (tertiary/aromatic N) is 3. The average Bonchev–Trinajstić information content (AvgIpc) is 3.21. The lowest BCUT2D eigenvalue weighted by Gasteiger charge is -2.36. The van der Waals surface area contributed by atoms with E-state index in [0.717, 1.165) is 25.3 Å². The normalized spacial score (nSPS) is 20.9. The van der Waals surface area contributed by atoms with Crippen LogP contribution in [0.25, 0.3) is 0 Å². The van der Waals surface area contributed by atoms with E-state index in [0.29, 0.717) is 56.5 Å². The highest BCUT2D eigenvalue weighted by atomic mass is 19.1. The Morgan fingerprint density at radius 2 is 2.03 bits per heavy atom. The predicted octanol–water partition coefficient (Wildman–Crippen LogP) is 2.85. The smallest absolute Gasteiger partial charge is 0.222 e. The van der Waals surface area contributed by atoms with Crippen LogP contribution in [0.5, 0.6) is 5.75 Å². The Kier molecular flexibility index (Phi) is 7.46. The maximum atomic E-state index is 14.5. The minimum Gasteiger partial charge on any atom is -0.497 e. The molecule has 3 heterocycles. The molecule has 182 valence electrons. The molecule has 0 radical (unpaired) electrons. The fraction of sp³-hybridized carbons (Fsp3) is 0.500. The third-order valence-electron chi connectivity index (χ3n) is 7.05. The van der Waals surface area contributed by atoms with Gasteiger partial charge in [0.1, 0.15) is 11.6 Å². The van der Waals surface area contributed by atoms with Gasteiger partial charge >= 0.3 is 0 Å². The van der Waals surface area contributed by atoms with Crippen LogP contribution in [-0.4, -0.2) is 65.4 Å². The molecule has 2 aromatic rings. The van der Waals surface area contributed by atoms with Crippen LogP contribution in [0.15, 0.2) is 36.5 Å². The maximum absolute atomic E-state index is 14.5. The number of carbonyl (C=O) groups is 2. The maximum Gasteiger partial charge on any atom is 0.222 e. The number of methoxy groups -OCH3 is 1. The zero-order valence-electron chi connectivity index (χ0n) is 20.0. The first kappa shape index (κ1) is 24.1. The Hall–Kier alpha value is -3.00. The summed E-state index contributed by atoms with van der Waals surface area (Å²) in [6.45, 7) is 5.81. The summed E-state index contributed by atoms with van der Waals surface area (Å²) in [4.78, 5) is 33.8. The molecule has 1 N–H and O–H groups in total. The van der Waals surface area contributed by atoms with E-state index in [-0.39, 0.29) is 17.6 Å². The second kappa shape index (κ2) is 10.5. The number of aryl methyl sites for hydroxylation is 1. The molecular formula is C26H33FN4O3. The average molecular weight is 469 g/mol. The Labute approximate surface area is 200 Å². The van der Waals surface area contributed by atoms with E-state index in [1.807, 2.05) is 17.2 Å². The van der Waals surface area contributed by atoms with Gasteiger partial charge in [0.25, 0.3) is 0 Å². The lowest BCUT2D eigenvalue weighted by atomic mass is 9.84. The molecule has 0 spiro atoms. The molecule has 2 aliphatic rings. The summed E-state index contributed by atoms with van der Waals surface area (Å²) in [5.74, 6) is 0.284. The third kappa shape index (κ3) is 5.73. The van der Waals surface area contributed by atoms with Crippen molar-refractivity contribution >= 4 is 11.8 Å². The standard InChI is InChI=1S/C26H33FN4O3/c1-19-4-3-11-28-23(19)18-30-12-14-31(15-13-30)25(33)8-10-26(9-7-24(32)29-26)17-20-16-21(34-2)5-6-22(20)27/h3-6,11,16H,7-10,12-15,17-18H2,1-2H3,(H,29,32)/t26-/m1/s1. The molecule has 1 aromatic carbocycles. The van der Waals surface area contributed by atoms with Crippen LogP contribution in [0.4, 0.5) is 4.39 Å². The molecule has 0 saturated carbocycles. The van der Waals surface area contributed by atoms with E-state index in [1.165, 1.54) is 11.6 Å². The van der Waals surface area contributed by atoms with E-state index in [1.54, 1.807) is 19.2 Å². The van der Waals surface area contributed by atoms with Crippen LogP contribution >= 0.6 is 0 Å². The van der Waals surface area contributed by atoms with Gasteiger partial charge in [-0.05, 0) is 61.6 Å². The summed E-state index contributed by atoms with van der Waals surface area (Å²) in [5, 5.41) is 3.05. The molecule has 8 heteroatoms. The molecule has 1 aromatic heterocycles. The summed E-state index contributed by atoms with van der Waals surface area (Å²) >= 11 is 0. The second-order valence-corrected chi connectivity index (χ2v) is 9.39. The number of hydrogen-bond acceptors (Lipinski definition) is 5. The molecule has 2 fully saturated rings. The number of ether oxygens (including phenoxy) is 1. The summed E-state index contributed by atoms with van der Waals surface area (Å²) < 4.78 is 19.7. The highest BCUT2D eigenvalue weighted by Crippen LogP contribution is 2.32. The van der Waals surface area contributed by atoms with Crippen molar-refractivity contribution in [1.29, 1.82) is 0 Å². The first-order valence-electron chi connectivity index (χ1n) is 11.9. The first-order chi connectivity index (χ1) is 16.4. The van der Waals surface area contributed by atoms with Gasteiger partial charge in [0.2, 0.25) is 11.8 Å². The van der Waals surface area contributed by atoms with Crippen LogP contribution in [0, 0.1) is 12.7 Å². The number of carbonyl (C=O) groups excluding carboxylic acids is 2. The molecule has 34 heavy (non-hydrogen) atoms. The minimum absolute atomic E-state index is 0.0471. The van der Waals surface area contributed by atoms with Gasteiger partial charge in [0, 0.05) is 57.3 Å². The third-order valence-corrected chi connectivity index (χ3v) is 7.05. The van der Waals surface area contributed by atoms with Crippen molar-refractivity contribution < 1.29 is 18.7 Å². The highest BCUT2D eigenvalue weighted by molar-refractivity contribution is 5.80. The monoisotopic (exact) mass is 468 g/mol. The SMILES string of the molecule is COc1ccc(F)c(C[C@]2(CCC(=O)N3CCN(Cc4ncccc4C)CC3)CCC(=O)N2)c1. The largest absolute Gasteiger partial charge is 0.497 e. The summed E-state index contributed by atoms with van der Waals surface area (Å²) in [6.07, 6.45) is 3.95. The fourth-order valence-electron chi connectivity index (χ4n) is 4.92. The van der Waals surface area contributed by atoms with Gasteiger partial charge in [-0.3, -0.25) is 19.5 Å². The van der Waals surface area contributed by atoms with E-state index < -0.39 is 5.54 Å². The molecular weight excluding hydrogens is 435 g/mol. The van der Waals surface area contributed by atoms with Crippen molar-refractivity contribution in [3.63, 3.8) is 0 Å². The topological polar surface area (TPSA) is 74.8 Å². The number of benzene rings is 1. The van der Waals surface area contributed by atoms with Crippen molar-refractivity contribution in [2.24, 2.45) is 0 Å². The van der Waals surface area contributed by atoms with Crippen LogP contribution in [-0.2, 0) is 22.6 Å². The number of aromatic nitrogens is 1. The Balaban J connectivity index is 1.33. The number of halogens is 1. The minimum atomic E-state index is -0.613. The molecule has 2 amide bonds. The molecule has 2 aliphatic heterocycles. The summed E-state index contributed by atoms with van der Waals surface area (Å²) in [5.41, 5.74) is 2.13. The first-order valence-corrected chi connectivity index (χ1v) is 11.9. The van der Waals surface area contributed by atoms with Gasteiger partial charge in [0.15, 0.2) is 0 Å². The van der Waals surface area contributed by atoms with E-state index in [2.05, 4.69) is 28.2 Å². The van der Waals surface area contributed by atoms with Gasteiger partial charge in [-0.1, -0.05) is 6.07 Å². The molecule has 0 unspecified atom stereocenters. The highest BCUT2D eigenvalue weighted by Gasteiger charge is 2.39. The zero-order chi connectivity index (χ0) is 24.1. The van der Waals surface area contributed by atoms with E-state index in [9.17, 15) is 14.0 Å². The fourth-order valence-corrected chi connectivity index (χ4v) is 4.92. The summed E-state index contributed by atoms with van der Waals surface area (Å²) in [7, 11) is 1.54. The van der Waals surface area contributed by atoms with Gasteiger partial charge in [0.05, 0.1) is 12.8 Å². The number of nitrogens with one attached hydrogen (secondary N) is 1. The molecule has 4 rings (SSSR count). The molecule has 0 aliphatic carbocycles. The van der Waals surface area contributed by atoms with Gasteiger partial charge in [-0.25, -0.2) is 4.39 Å². The Morgan fingerprint density at radius 3 is 2.71 bits per heavy atom. The van der Waals surface area contributed by atoms with Crippen molar-refractivity contribution in [1.82, 2.24) is 20.1 Å². The van der Waals surface area contributed by atoms with Gasteiger partial charge in [-0.2, -0.15) is 0 Å². The van der Waals surface area contributed by atoms with Gasteiger partial charge < -0.3 is 15.0 Å². The van der Waals surface area contributed by atoms with E-state index >= 15 is 0 Å². The number of amides is 2. The van der Waals surface area contributed by atoms with Crippen molar-refractivity contribution in [2.75, 3.05) is 33.3 Å². The number of pyridine rings is 1. The summed E-state index contributed by atoms with van der Waals surface area (Å²) in [6, 6.07) is 8.65. The lowest BCUT2D eigenvalue weighted by molar-refractivity contribution is -0.133. The van der Waals surface area contributed by atoms with E-state index in [4.69, 9.17) is 4.74 Å². The lowest BCUT2D eigenvalue weighted by Crippen LogP contribution is -2.49. The van der Waals surface area contributed by atoms with Crippen LogP contribution in [0.3, 0.4) is 0 Å². The number of piperazine rings is 1. The quantitative estimate of drug-likeness (QED) is 0.645. The molecule has 7 nitrogen and oxygen atoms in total. The van der Waals surface area contributed by atoms with Crippen LogP contribution in [0.2, 0.25) is 0 Å².